The zero-order valence-corrected chi connectivity index (χ0v) is 6.26. The van der Waals surface area contributed by atoms with E-state index in [0.717, 1.165) is 30.8 Å². The number of hydrogen-bond donors (Lipinski definition) is 1. The second-order valence-corrected chi connectivity index (χ2v) is 2.97. The maximum absolute atomic E-state index is 10.6. The van der Waals surface area contributed by atoms with Gasteiger partial charge >= 0.3 is 0 Å². The fourth-order valence-electron chi connectivity index (χ4n) is 1.19. The molecule has 1 atom stereocenters. The summed E-state index contributed by atoms with van der Waals surface area (Å²) in [6.07, 6.45) is 4.96. The molecule has 0 heterocycles. The first-order valence-corrected chi connectivity index (χ1v) is 3.69. The Balaban J connectivity index is 2.56. The van der Waals surface area contributed by atoms with E-state index in [9.17, 15) is 4.79 Å². The lowest BCUT2D eigenvalue weighted by molar-refractivity contribution is -0.114. The Labute approximate surface area is 61.1 Å². The van der Waals surface area contributed by atoms with Crippen molar-refractivity contribution in [2.24, 2.45) is 11.7 Å². The summed E-state index contributed by atoms with van der Waals surface area (Å²) in [6.45, 7) is 2.19. The Morgan fingerprint density at radius 3 is 2.90 bits per heavy atom. The van der Waals surface area contributed by atoms with E-state index >= 15 is 0 Å². The van der Waals surface area contributed by atoms with Crippen LogP contribution in [0.1, 0.15) is 26.2 Å². The van der Waals surface area contributed by atoms with Gasteiger partial charge < -0.3 is 5.73 Å². The Morgan fingerprint density at radius 2 is 2.50 bits per heavy atom. The zero-order valence-electron chi connectivity index (χ0n) is 6.26. The van der Waals surface area contributed by atoms with Gasteiger partial charge in [-0.15, -0.1) is 0 Å². The van der Waals surface area contributed by atoms with Crippen molar-refractivity contribution in [3.8, 4) is 0 Å². The molecule has 1 rings (SSSR count). The molecular formula is C8H13NO. The lowest BCUT2D eigenvalue weighted by Gasteiger charge is -2.15. The minimum Gasteiger partial charge on any atom is -0.366 e. The lowest BCUT2D eigenvalue weighted by atomic mass is 9.91. The minimum atomic E-state index is -0.244. The number of primary amides is 1. The van der Waals surface area contributed by atoms with Crippen LogP contribution in [-0.4, -0.2) is 5.91 Å². The maximum atomic E-state index is 10.6. The van der Waals surface area contributed by atoms with Crippen LogP contribution in [0.4, 0.5) is 0 Å². The minimum absolute atomic E-state index is 0.244. The van der Waals surface area contributed by atoms with Crippen LogP contribution in [0, 0.1) is 5.92 Å². The van der Waals surface area contributed by atoms with E-state index in [4.69, 9.17) is 5.73 Å². The van der Waals surface area contributed by atoms with Gasteiger partial charge in [-0.2, -0.15) is 0 Å². The van der Waals surface area contributed by atoms with Gasteiger partial charge in [-0.1, -0.05) is 13.0 Å². The standard InChI is InChI=1S/C8H13NO/c1-6-2-4-7(5-3-6)8(9)10/h4,6H,2-3,5H2,1H3,(H2,9,10)/t6-/m0/s1. The van der Waals surface area contributed by atoms with Gasteiger partial charge in [0.15, 0.2) is 0 Å². The van der Waals surface area contributed by atoms with Gasteiger partial charge in [-0.05, 0) is 25.2 Å². The molecule has 0 saturated heterocycles. The smallest absolute Gasteiger partial charge is 0.244 e. The molecule has 56 valence electrons. The van der Waals surface area contributed by atoms with Crippen LogP contribution in [0.2, 0.25) is 0 Å². The number of carbonyl (C=O) groups excluding carboxylic acids is 1. The average molecular weight is 139 g/mol. The summed E-state index contributed by atoms with van der Waals surface area (Å²) in [5.74, 6) is 0.481. The quantitative estimate of drug-likeness (QED) is 0.583. The predicted octanol–water partition coefficient (Wildman–Crippen LogP) is 1.22. The van der Waals surface area contributed by atoms with E-state index < -0.39 is 0 Å². The third-order valence-corrected chi connectivity index (χ3v) is 1.99. The van der Waals surface area contributed by atoms with Crippen LogP contribution < -0.4 is 5.73 Å². The van der Waals surface area contributed by atoms with Crippen LogP contribution in [0.5, 0.6) is 0 Å². The summed E-state index contributed by atoms with van der Waals surface area (Å²) in [5.41, 5.74) is 5.92. The highest BCUT2D eigenvalue weighted by Gasteiger charge is 2.12. The van der Waals surface area contributed by atoms with Gasteiger partial charge in [0.25, 0.3) is 0 Å². The molecule has 0 radical (unpaired) electrons. The Hall–Kier alpha value is -0.790. The molecule has 0 aromatic carbocycles. The molecule has 0 unspecified atom stereocenters. The molecule has 0 spiro atoms. The van der Waals surface area contributed by atoms with Crippen molar-refractivity contribution in [3.63, 3.8) is 0 Å². The van der Waals surface area contributed by atoms with E-state index in [-0.39, 0.29) is 5.91 Å². The molecule has 0 aromatic heterocycles. The molecule has 1 amide bonds. The number of allylic oxidation sites excluding steroid dienone is 1. The molecule has 0 fully saturated rings. The number of rotatable bonds is 1. The molecule has 10 heavy (non-hydrogen) atoms. The molecule has 1 aliphatic carbocycles. The van der Waals surface area contributed by atoms with Crippen LogP contribution in [0.25, 0.3) is 0 Å². The first kappa shape index (κ1) is 7.32. The normalized spacial score (nSPS) is 25.7. The molecular weight excluding hydrogens is 126 g/mol. The van der Waals surface area contributed by atoms with Crippen LogP contribution in [0.15, 0.2) is 11.6 Å². The highest BCUT2D eigenvalue weighted by atomic mass is 16.1. The van der Waals surface area contributed by atoms with Gasteiger partial charge in [-0.3, -0.25) is 4.79 Å². The second-order valence-electron chi connectivity index (χ2n) is 2.97. The fourth-order valence-corrected chi connectivity index (χ4v) is 1.19. The monoisotopic (exact) mass is 139 g/mol. The third kappa shape index (κ3) is 1.59. The molecule has 2 nitrogen and oxygen atoms in total. The molecule has 1 aliphatic rings. The first-order chi connectivity index (χ1) is 4.70. The number of amides is 1. The van der Waals surface area contributed by atoms with E-state index in [1.807, 2.05) is 6.08 Å². The highest BCUT2D eigenvalue weighted by Crippen LogP contribution is 2.21. The van der Waals surface area contributed by atoms with Gasteiger partial charge in [0, 0.05) is 5.57 Å². The largest absolute Gasteiger partial charge is 0.366 e. The van der Waals surface area contributed by atoms with Crippen molar-refractivity contribution in [2.45, 2.75) is 26.2 Å². The van der Waals surface area contributed by atoms with E-state index in [1.165, 1.54) is 0 Å². The number of hydrogen-bond acceptors (Lipinski definition) is 1. The third-order valence-electron chi connectivity index (χ3n) is 1.99. The number of carbonyl (C=O) groups is 1. The summed E-state index contributed by atoms with van der Waals surface area (Å²) in [7, 11) is 0. The van der Waals surface area contributed by atoms with Crippen LogP contribution in [0.3, 0.4) is 0 Å². The molecule has 2 heteroatoms. The summed E-state index contributed by atoms with van der Waals surface area (Å²) < 4.78 is 0. The van der Waals surface area contributed by atoms with Crippen LogP contribution >= 0.6 is 0 Å². The highest BCUT2D eigenvalue weighted by molar-refractivity contribution is 5.91. The molecule has 0 saturated carbocycles. The SMILES string of the molecule is C[C@H]1CC=C(C(N)=O)CC1. The van der Waals surface area contributed by atoms with Crippen molar-refractivity contribution >= 4 is 5.91 Å². The van der Waals surface area contributed by atoms with Crippen molar-refractivity contribution in [1.29, 1.82) is 0 Å². The topological polar surface area (TPSA) is 43.1 Å². The van der Waals surface area contributed by atoms with Crippen molar-refractivity contribution in [2.75, 3.05) is 0 Å². The molecule has 0 aliphatic heterocycles. The molecule has 0 bridgehead atoms. The van der Waals surface area contributed by atoms with E-state index in [2.05, 4.69) is 6.92 Å². The molecule has 0 aromatic rings. The average Bonchev–Trinajstić information content (AvgIpc) is 1.88. The first-order valence-electron chi connectivity index (χ1n) is 3.69. The summed E-state index contributed by atoms with van der Waals surface area (Å²) >= 11 is 0. The van der Waals surface area contributed by atoms with Crippen molar-refractivity contribution in [1.82, 2.24) is 0 Å². The predicted molar refractivity (Wildman–Crippen MR) is 40.3 cm³/mol. The van der Waals surface area contributed by atoms with Gasteiger partial charge in [0.2, 0.25) is 5.91 Å². The molecule has 2 N–H and O–H groups in total. The lowest BCUT2D eigenvalue weighted by Crippen LogP contribution is -2.17. The Morgan fingerprint density at radius 1 is 1.80 bits per heavy atom. The Kier molecular flexibility index (Phi) is 2.10. The van der Waals surface area contributed by atoms with E-state index in [0.29, 0.717) is 0 Å². The fraction of sp³-hybridized carbons (Fsp3) is 0.625. The van der Waals surface area contributed by atoms with Crippen LogP contribution in [-0.2, 0) is 4.79 Å². The van der Waals surface area contributed by atoms with E-state index in [1.54, 1.807) is 0 Å². The van der Waals surface area contributed by atoms with Gasteiger partial charge in [0.1, 0.15) is 0 Å². The van der Waals surface area contributed by atoms with Gasteiger partial charge in [-0.25, -0.2) is 0 Å². The second kappa shape index (κ2) is 2.86. The van der Waals surface area contributed by atoms with Gasteiger partial charge in [0.05, 0.1) is 0 Å². The summed E-state index contributed by atoms with van der Waals surface area (Å²) in [5, 5.41) is 0. The zero-order chi connectivity index (χ0) is 7.56. The maximum Gasteiger partial charge on any atom is 0.244 e. The number of nitrogens with two attached hydrogens (primary N) is 1. The van der Waals surface area contributed by atoms with Crippen molar-refractivity contribution in [3.05, 3.63) is 11.6 Å². The van der Waals surface area contributed by atoms with Crippen molar-refractivity contribution < 1.29 is 4.79 Å². The Bertz CT molecular complexity index is 172. The summed E-state index contributed by atoms with van der Waals surface area (Å²) in [4.78, 5) is 10.6. The summed E-state index contributed by atoms with van der Waals surface area (Å²) in [6, 6.07) is 0.